The summed E-state index contributed by atoms with van der Waals surface area (Å²) in [5.41, 5.74) is 7.92. The molecule has 0 unspecified atom stereocenters. The van der Waals surface area contributed by atoms with Gasteiger partial charge in [-0.05, 0) is 71.5 Å². The minimum absolute atomic E-state index is 0.631. The summed E-state index contributed by atoms with van der Waals surface area (Å²) in [5, 5.41) is 4.50. The molecule has 0 saturated heterocycles. The van der Waals surface area contributed by atoms with Crippen molar-refractivity contribution in [1.29, 1.82) is 0 Å². The Morgan fingerprint density at radius 1 is 0.708 bits per heavy atom. The third kappa shape index (κ3) is 5.80. The van der Waals surface area contributed by atoms with E-state index in [2.05, 4.69) is 115 Å². The SMILES string of the molecule is C\C=C/C(=C\C=C\c1ccc2c(c1)oc1cccc(-c3nc(C4=CCCC=C4)nc(-c4ccccc4)n3)c12)c1ccc2ccccc2c1. The Labute approximate surface area is 279 Å². The monoisotopic (exact) mass is 619 g/mol. The fraction of sp³-hybridized carbons (Fsp3) is 0.0682. The Bertz CT molecular complexity index is 2460. The van der Waals surface area contributed by atoms with E-state index in [-0.39, 0.29) is 0 Å². The van der Waals surface area contributed by atoms with Crippen LogP contribution in [0.2, 0.25) is 0 Å². The number of benzene rings is 5. The van der Waals surface area contributed by atoms with Crippen LogP contribution >= 0.6 is 0 Å². The van der Waals surface area contributed by atoms with Crippen LogP contribution in [0.4, 0.5) is 0 Å². The van der Waals surface area contributed by atoms with Gasteiger partial charge in [-0.3, -0.25) is 0 Å². The lowest BCUT2D eigenvalue weighted by Gasteiger charge is -2.11. The third-order valence-electron chi connectivity index (χ3n) is 8.68. The van der Waals surface area contributed by atoms with Gasteiger partial charge in [0.05, 0.1) is 0 Å². The maximum absolute atomic E-state index is 6.44. The number of aromatic nitrogens is 3. The Morgan fingerprint density at radius 2 is 1.54 bits per heavy atom. The zero-order chi connectivity index (χ0) is 32.3. The minimum atomic E-state index is 0.631. The Hall–Kier alpha value is -6.13. The molecule has 4 heteroatoms. The second-order valence-electron chi connectivity index (χ2n) is 11.9. The first-order chi connectivity index (χ1) is 23.7. The zero-order valence-corrected chi connectivity index (χ0v) is 26.7. The van der Waals surface area contributed by atoms with Crippen LogP contribution in [0.25, 0.3) is 72.7 Å². The van der Waals surface area contributed by atoms with Gasteiger partial charge in [0.15, 0.2) is 17.5 Å². The fourth-order valence-electron chi connectivity index (χ4n) is 6.31. The smallest absolute Gasteiger partial charge is 0.164 e. The molecule has 0 spiro atoms. The molecule has 0 N–H and O–H groups in total. The van der Waals surface area contributed by atoms with Crippen molar-refractivity contribution in [1.82, 2.24) is 15.0 Å². The second kappa shape index (κ2) is 12.9. The normalized spacial score (nSPS) is 13.8. The number of hydrogen-bond acceptors (Lipinski definition) is 4. The van der Waals surface area contributed by atoms with Gasteiger partial charge in [0.2, 0.25) is 0 Å². The van der Waals surface area contributed by atoms with Gasteiger partial charge in [-0.25, -0.2) is 15.0 Å². The maximum atomic E-state index is 6.44. The van der Waals surface area contributed by atoms with Gasteiger partial charge in [-0.2, -0.15) is 0 Å². The van der Waals surface area contributed by atoms with E-state index in [1.54, 1.807) is 0 Å². The Balaban J connectivity index is 1.17. The van der Waals surface area contributed by atoms with Gasteiger partial charge in [0, 0.05) is 27.5 Å². The molecule has 8 rings (SSSR count). The maximum Gasteiger partial charge on any atom is 0.164 e. The van der Waals surface area contributed by atoms with Crippen LogP contribution in [0.15, 0.2) is 156 Å². The molecule has 1 aliphatic rings. The molecule has 2 heterocycles. The zero-order valence-electron chi connectivity index (χ0n) is 26.7. The summed E-state index contributed by atoms with van der Waals surface area (Å²) in [7, 11) is 0. The molecule has 230 valence electrons. The summed E-state index contributed by atoms with van der Waals surface area (Å²) in [6.07, 6.45) is 19.1. The number of fused-ring (bicyclic) bond motifs is 4. The first-order valence-corrected chi connectivity index (χ1v) is 16.4. The summed E-state index contributed by atoms with van der Waals surface area (Å²) >= 11 is 0. The standard InChI is InChI=1S/C44H33N3O/c1-2-13-31(36-26-25-32-15-9-10-20-35(32)29-36)21-11-14-30-24-27-37-40(28-30)48-39-23-12-22-38(41(37)39)44-46-42(33-16-5-3-6-17-33)45-43(47-44)34-18-7-4-8-19-34/h2-3,5-7,9-29H,4,8H2,1H3/b13-2-,14-11+,31-21+. The van der Waals surface area contributed by atoms with Crippen LogP contribution in [-0.2, 0) is 0 Å². The molecule has 7 aromatic rings. The molecule has 1 aliphatic carbocycles. The fourth-order valence-corrected chi connectivity index (χ4v) is 6.31. The molecule has 0 radical (unpaired) electrons. The first kappa shape index (κ1) is 29.3. The topological polar surface area (TPSA) is 51.8 Å². The lowest BCUT2D eigenvalue weighted by atomic mass is 10.0. The number of rotatable bonds is 7. The number of allylic oxidation sites excluding steroid dienone is 9. The van der Waals surface area contributed by atoms with Gasteiger partial charge in [-0.15, -0.1) is 0 Å². The average Bonchev–Trinajstić information content (AvgIpc) is 3.53. The van der Waals surface area contributed by atoms with Crippen molar-refractivity contribution in [3.63, 3.8) is 0 Å². The molecule has 0 saturated carbocycles. The van der Waals surface area contributed by atoms with Gasteiger partial charge in [0.1, 0.15) is 11.2 Å². The summed E-state index contributed by atoms with van der Waals surface area (Å²) < 4.78 is 6.44. The highest BCUT2D eigenvalue weighted by Crippen LogP contribution is 2.37. The summed E-state index contributed by atoms with van der Waals surface area (Å²) in [6.45, 7) is 2.05. The average molecular weight is 620 g/mol. The lowest BCUT2D eigenvalue weighted by Crippen LogP contribution is -2.03. The van der Waals surface area contributed by atoms with Crippen molar-refractivity contribution < 1.29 is 4.42 Å². The van der Waals surface area contributed by atoms with Gasteiger partial charge < -0.3 is 4.42 Å². The van der Waals surface area contributed by atoms with Crippen LogP contribution in [0.5, 0.6) is 0 Å². The van der Waals surface area contributed by atoms with E-state index in [1.165, 1.54) is 16.3 Å². The highest BCUT2D eigenvalue weighted by molar-refractivity contribution is 6.12. The van der Waals surface area contributed by atoms with Crippen LogP contribution < -0.4 is 0 Å². The Morgan fingerprint density at radius 3 is 2.40 bits per heavy atom. The molecule has 0 amide bonds. The number of furan rings is 1. The van der Waals surface area contributed by atoms with E-state index in [0.29, 0.717) is 17.5 Å². The van der Waals surface area contributed by atoms with Crippen LogP contribution in [0.1, 0.15) is 36.7 Å². The molecule has 4 nitrogen and oxygen atoms in total. The van der Waals surface area contributed by atoms with E-state index >= 15 is 0 Å². The van der Waals surface area contributed by atoms with Gasteiger partial charge in [-0.1, -0.05) is 134 Å². The lowest BCUT2D eigenvalue weighted by molar-refractivity contribution is 0.669. The predicted octanol–water partition coefficient (Wildman–Crippen LogP) is 11.7. The van der Waals surface area contributed by atoms with Crippen LogP contribution in [0, 0.1) is 0 Å². The van der Waals surface area contributed by atoms with Crippen molar-refractivity contribution in [2.45, 2.75) is 19.8 Å². The number of hydrogen-bond donors (Lipinski definition) is 0. The van der Waals surface area contributed by atoms with Crippen molar-refractivity contribution in [3.8, 4) is 22.8 Å². The molecule has 0 fully saturated rings. The van der Waals surface area contributed by atoms with Crippen molar-refractivity contribution >= 4 is 49.9 Å². The van der Waals surface area contributed by atoms with Crippen molar-refractivity contribution in [2.75, 3.05) is 0 Å². The highest BCUT2D eigenvalue weighted by Gasteiger charge is 2.18. The van der Waals surface area contributed by atoms with E-state index in [9.17, 15) is 0 Å². The molecule has 48 heavy (non-hydrogen) atoms. The van der Waals surface area contributed by atoms with E-state index < -0.39 is 0 Å². The highest BCUT2D eigenvalue weighted by atomic mass is 16.3. The molecule has 5 aromatic carbocycles. The second-order valence-corrected chi connectivity index (χ2v) is 11.9. The van der Waals surface area contributed by atoms with Crippen molar-refractivity contribution in [3.05, 3.63) is 169 Å². The third-order valence-corrected chi connectivity index (χ3v) is 8.68. The Kier molecular flexibility index (Phi) is 7.89. The molecule has 0 aliphatic heterocycles. The largest absolute Gasteiger partial charge is 0.456 e. The van der Waals surface area contributed by atoms with Gasteiger partial charge in [0.25, 0.3) is 0 Å². The summed E-state index contributed by atoms with van der Waals surface area (Å²) in [5.74, 6) is 1.97. The summed E-state index contributed by atoms with van der Waals surface area (Å²) in [4.78, 5) is 14.9. The molecule has 0 bridgehead atoms. The van der Waals surface area contributed by atoms with Crippen LogP contribution in [-0.4, -0.2) is 15.0 Å². The van der Waals surface area contributed by atoms with Gasteiger partial charge >= 0.3 is 0 Å². The molecule has 0 atom stereocenters. The summed E-state index contributed by atoms with van der Waals surface area (Å²) in [6, 6.07) is 37.6. The molecule has 2 aromatic heterocycles. The predicted molar refractivity (Wildman–Crippen MR) is 200 cm³/mol. The van der Waals surface area contributed by atoms with Crippen molar-refractivity contribution in [2.24, 2.45) is 0 Å². The van der Waals surface area contributed by atoms with E-state index in [0.717, 1.165) is 62.6 Å². The molecular formula is C44H33N3O. The molecular weight excluding hydrogens is 587 g/mol. The van der Waals surface area contributed by atoms with E-state index in [4.69, 9.17) is 19.4 Å². The minimum Gasteiger partial charge on any atom is -0.456 e. The quantitative estimate of drug-likeness (QED) is 0.167. The first-order valence-electron chi connectivity index (χ1n) is 16.4. The van der Waals surface area contributed by atoms with Crippen LogP contribution in [0.3, 0.4) is 0 Å². The number of nitrogens with zero attached hydrogens (tertiary/aromatic N) is 3. The van der Waals surface area contributed by atoms with E-state index in [1.807, 2.05) is 49.4 Å².